The Labute approximate surface area is 268 Å². The highest BCUT2D eigenvalue weighted by Crippen LogP contribution is 2.34. The van der Waals surface area contributed by atoms with Crippen LogP contribution in [0.15, 0.2) is 158 Å². The molecule has 0 aliphatic carbocycles. The smallest absolute Gasteiger partial charge is 0.165 e. The molecule has 8 aromatic rings. The molecular weight excluding hydrogens is 542 g/mol. The second-order valence-corrected chi connectivity index (χ2v) is 9.74. The van der Waals surface area contributed by atoms with E-state index in [4.69, 9.17) is 21.2 Å². The molecule has 44 heavy (non-hydrogen) atoms. The summed E-state index contributed by atoms with van der Waals surface area (Å²) in [7, 11) is 0. The van der Waals surface area contributed by atoms with Crippen molar-refractivity contribution in [3.8, 4) is 11.1 Å². The zero-order valence-corrected chi connectivity index (χ0v) is 22.7. The fourth-order valence-electron chi connectivity index (χ4n) is 4.93. The van der Waals surface area contributed by atoms with Crippen LogP contribution in [0.2, 0.25) is 0 Å². The van der Waals surface area contributed by atoms with E-state index in [9.17, 15) is 8.15 Å². The molecule has 0 saturated carbocycles. The largest absolute Gasteiger partial charge is 0.456 e. The van der Waals surface area contributed by atoms with E-state index in [1.807, 2.05) is 60.7 Å². The molecule has 5 nitrogen and oxygen atoms in total. The van der Waals surface area contributed by atoms with Gasteiger partial charge in [-0.25, -0.2) is 9.98 Å². The summed E-state index contributed by atoms with van der Waals surface area (Å²) in [6, 6.07) is 14.9. The van der Waals surface area contributed by atoms with Crippen LogP contribution in [0.25, 0.3) is 55.0 Å². The Hall–Kier alpha value is -6.07. The molecule has 0 aliphatic heterocycles. The maximum Gasteiger partial charge on any atom is 0.165 e. The van der Waals surface area contributed by atoms with E-state index >= 15 is 0 Å². The molecule has 0 amide bonds. The number of amidine groups is 2. The SMILES string of the molecule is [2H]c1c([2H])c([2H])c(-c2c([2H])c([2H])c3oc4c([2H])c([2H])c(C(=N)N=C(N=Cc5ccccc5)c5cccc6c5oc5ccccc56)c([2H])c4c3c2[2H])c([2H])c1[2H]. The zero-order valence-electron chi connectivity index (χ0n) is 33.7. The first-order chi connectivity index (χ1) is 26.3. The van der Waals surface area contributed by atoms with Crippen LogP contribution in [-0.4, -0.2) is 17.9 Å². The van der Waals surface area contributed by atoms with E-state index in [1.54, 1.807) is 18.3 Å². The minimum Gasteiger partial charge on any atom is -0.456 e. The summed E-state index contributed by atoms with van der Waals surface area (Å²) in [6.07, 6.45) is 1.54. The van der Waals surface area contributed by atoms with Gasteiger partial charge >= 0.3 is 0 Å². The maximum absolute atomic E-state index is 9.29. The number of benzene rings is 6. The molecule has 0 saturated heterocycles. The minimum atomic E-state index is -0.704. The summed E-state index contributed by atoms with van der Waals surface area (Å²) in [6.45, 7) is 0. The van der Waals surface area contributed by atoms with Crippen LogP contribution in [0.3, 0.4) is 0 Å². The summed E-state index contributed by atoms with van der Waals surface area (Å²) >= 11 is 0. The van der Waals surface area contributed by atoms with Crippen LogP contribution in [0, 0.1) is 5.41 Å². The number of hydrogen-bond donors (Lipinski definition) is 1. The lowest BCUT2D eigenvalue weighted by Crippen LogP contribution is -2.05. The van der Waals surface area contributed by atoms with Gasteiger partial charge in [-0.3, -0.25) is 5.41 Å². The van der Waals surface area contributed by atoms with Crippen molar-refractivity contribution < 1.29 is 23.9 Å². The highest BCUT2D eigenvalue weighted by molar-refractivity contribution is 6.20. The Kier molecular flexibility index (Phi) is 4.00. The third-order valence-electron chi connectivity index (χ3n) is 7.00. The Morgan fingerprint density at radius 3 is 2.25 bits per heavy atom. The molecule has 2 heterocycles. The molecule has 0 aliphatic rings. The van der Waals surface area contributed by atoms with Crippen molar-refractivity contribution in [1.82, 2.24) is 0 Å². The quantitative estimate of drug-likeness (QED) is 0.167. The van der Waals surface area contributed by atoms with E-state index < -0.39 is 89.0 Å². The van der Waals surface area contributed by atoms with Crippen molar-refractivity contribution in [2.24, 2.45) is 9.98 Å². The summed E-state index contributed by atoms with van der Waals surface area (Å²) in [5.41, 5.74) is 0.0598. The highest BCUT2D eigenvalue weighted by Gasteiger charge is 2.16. The molecule has 208 valence electrons. The van der Waals surface area contributed by atoms with Gasteiger partial charge in [-0.15, -0.1) is 0 Å². The van der Waals surface area contributed by atoms with Crippen LogP contribution >= 0.6 is 0 Å². The van der Waals surface area contributed by atoms with Crippen LogP contribution in [0.5, 0.6) is 0 Å². The molecule has 0 unspecified atom stereocenters. The van der Waals surface area contributed by atoms with Gasteiger partial charge in [-0.2, -0.15) is 0 Å². The Morgan fingerprint density at radius 1 is 0.636 bits per heavy atom. The lowest BCUT2D eigenvalue weighted by Gasteiger charge is -2.05. The fraction of sp³-hybridized carbons (Fsp3) is 0. The third kappa shape index (κ3) is 4.57. The Morgan fingerprint density at radius 2 is 1.39 bits per heavy atom. The predicted octanol–water partition coefficient (Wildman–Crippen LogP) is 10.0. The number of rotatable bonds is 4. The zero-order chi connectivity index (χ0) is 39.0. The first-order valence-electron chi connectivity index (χ1n) is 19.0. The molecule has 0 atom stereocenters. The van der Waals surface area contributed by atoms with Crippen molar-refractivity contribution >= 4 is 61.8 Å². The standard InChI is InChI=1S/C39H25N3O2/c40-38(28-19-21-36-33(23-28)32-22-27(18-20-35(32)43-36)26-12-5-2-6-13-26)42-39(41-24-25-10-3-1-4-11-25)31-16-9-15-30-29-14-7-8-17-34(29)44-37(30)31/h1-24,40H/i2D,5D,6D,12D,13D,18D,19D,20D,21D,22D,23D. The van der Waals surface area contributed by atoms with Gasteiger partial charge in [0.05, 0.1) is 20.6 Å². The topological polar surface area (TPSA) is 74.8 Å². The monoisotopic (exact) mass is 578 g/mol. The molecule has 6 aromatic carbocycles. The van der Waals surface area contributed by atoms with Crippen molar-refractivity contribution in [1.29, 1.82) is 5.41 Å². The van der Waals surface area contributed by atoms with Crippen molar-refractivity contribution in [2.75, 3.05) is 0 Å². The van der Waals surface area contributed by atoms with Gasteiger partial charge in [0.25, 0.3) is 0 Å². The number of nitrogens with one attached hydrogen (secondary N) is 1. The maximum atomic E-state index is 9.29. The summed E-state index contributed by atoms with van der Waals surface area (Å²) in [5.74, 6) is -0.633. The van der Waals surface area contributed by atoms with E-state index in [0.717, 1.165) is 16.3 Å². The van der Waals surface area contributed by atoms with E-state index in [2.05, 4.69) is 9.98 Å². The molecule has 1 N–H and O–H groups in total. The van der Waals surface area contributed by atoms with Crippen LogP contribution < -0.4 is 0 Å². The predicted molar refractivity (Wildman–Crippen MR) is 180 cm³/mol. The van der Waals surface area contributed by atoms with Gasteiger partial charge in [0.2, 0.25) is 0 Å². The second-order valence-electron chi connectivity index (χ2n) is 9.74. The van der Waals surface area contributed by atoms with Crippen molar-refractivity contribution in [2.45, 2.75) is 0 Å². The summed E-state index contributed by atoms with van der Waals surface area (Å²) in [4.78, 5) is 9.15. The highest BCUT2D eigenvalue weighted by atomic mass is 16.3. The molecular formula is C39H25N3O2. The average molecular weight is 579 g/mol. The second kappa shape index (κ2) is 10.6. The van der Waals surface area contributed by atoms with Gasteiger partial charge in [-0.1, -0.05) is 96.9 Å². The lowest BCUT2D eigenvalue weighted by atomic mass is 10.0. The van der Waals surface area contributed by atoms with Crippen molar-refractivity contribution in [3.05, 3.63) is 156 Å². The van der Waals surface area contributed by atoms with Gasteiger partial charge in [0, 0.05) is 33.3 Å². The van der Waals surface area contributed by atoms with Crippen LogP contribution in [0.1, 0.15) is 31.8 Å². The summed E-state index contributed by atoms with van der Waals surface area (Å²) in [5, 5.41) is 10.3. The van der Waals surface area contributed by atoms with Crippen LogP contribution in [-0.2, 0) is 0 Å². The molecule has 2 aromatic heterocycles. The normalized spacial score (nSPS) is 15.7. The van der Waals surface area contributed by atoms with Gasteiger partial charge in [0.15, 0.2) is 11.7 Å². The van der Waals surface area contributed by atoms with Gasteiger partial charge in [-0.05, 0) is 59.0 Å². The molecule has 8 rings (SSSR count). The van der Waals surface area contributed by atoms with E-state index in [0.29, 0.717) is 16.7 Å². The minimum absolute atomic E-state index is 0.00191. The lowest BCUT2D eigenvalue weighted by molar-refractivity contribution is 0.668. The first kappa shape index (κ1) is 16.5. The molecule has 0 bridgehead atoms. The van der Waals surface area contributed by atoms with Gasteiger partial charge in [0.1, 0.15) is 22.3 Å². The van der Waals surface area contributed by atoms with Crippen molar-refractivity contribution in [3.63, 3.8) is 0 Å². The summed E-state index contributed by atoms with van der Waals surface area (Å²) < 4.78 is 107. The molecule has 5 heteroatoms. The molecule has 0 fully saturated rings. The average Bonchev–Trinajstić information content (AvgIpc) is 3.78. The number of hydrogen-bond acceptors (Lipinski definition) is 3. The van der Waals surface area contributed by atoms with Crippen LogP contribution in [0.4, 0.5) is 0 Å². The van der Waals surface area contributed by atoms with E-state index in [-0.39, 0.29) is 27.8 Å². The van der Waals surface area contributed by atoms with Gasteiger partial charge < -0.3 is 8.83 Å². The number of para-hydroxylation sites is 2. The Balaban J connectivity index is 1.39. The third-order valence-corrected chi connectivity index (χ3v) is 7.00. The number of aliphatic imine (C=N–C) groups is 2. The molecule has 0 radical (unpaired) electrons. The fourth-order valence-corrected chi connectivity index (χ4v) is 4.93. The molecule has 0 spiro atoms. The first-order valence-corrected chi connectivity index (χ1v) is 13.5. The van der Waals surface area contributed by atoms with E-state index in [1.165, 1.54) is 0 Å². The Bertz CT molecular complexity index is 3000. The number of fused-ring (bicyclic) bond motifs is 6. The number of nitrogens with zero attached hydrogens (tertiary/aromatic N) is 2. The number of furan rings is 2.